The molecule has 1 aromatic rings. The van der Waals surface area contributed by atoms with Gasteiger partial charge in [0.2, 0.25) is 0 Å². The molecule has 0 N–H and O–H groups in total. The van der Waals surface area contributed by atoms with Crippen LogP contribution in [0.2, 0.25) is 0 Å². The molecular formula is C15H17F3S. The molecule has 1 aromatic carbocycles. The Morgan fingerprint density at radius 3 is 2.68 bits per heavy atom. The first kappa shape index (κ1) is 14.5. The molecular weight excluding hydrogens is 269 g/mol. The molecule has 0 spiro atoms. The van der Waals surface area contributed by atoms with Gasteiger partial charge in [-0.05, 0) is 49.1 Å². The Hall–Kier alpha value is -0.900. The van der Waals surface area contributed by atoms with Crippen LogP contribution in [0.25, 0.3) is 6.08 Å². The number of allylic oxidation sites excluding steroid dienone is 1. The lowest BCUT2D eigenvalue weighted by Crippen LogP contribution is -2.04. The first-order valence-electron chi connectivity index (χ1n) is 6.37. The first-order chi connectivity index (χ1) is 8.99. The Morgan fingerprint density at radius 2 is 2.05 bits per heavy atom. The first-order valence-corrected chi connectivity index (χ1v) is 7.66. The lowest BCUT2D eigenvalue weighted by Gasteiger charge is -2.07. The Bertz CT molecular complexity index is 451. The molecule has 0 aromatic heterocycles. The fourth-order valence-corrected chi connectivity index (χ4v) is 3.24. The van der Waals surface area contributed by atoms with Gasteiger partial charge in [0, 0.05) is 5.25 Å². The Balaban J connectivity index is 2.03. The van der Waals surface area contributed by atoms with Crippen LogP contribution < -0.4 is 0 Å². The summed E-state index contributed by atoms with van der Waals surface area (Å²) < 4.78 is 37.7. The molecule has 1 saturated carbocycles. The van der Waals surface area contributed by atoms with E-state index >= 15 is 0 Å². The number of rotatable bonds is 3. The highest BCUT2D eigenvalue weighted by molar-refractivity contribution is 7.99. The second kappa shape index (κ2) is 6.04. The van der Waals surface area contributed by atoms with Crippen molar-refractivity contribution >= 4 is 17.8 Å². The van der Waals surface area contributed by atoms with Gasteiger partial charge in [-0.15, -0.1) is 0 Å². The van der Waals surface area contributed by atoms with Gasteiger partial charge in [-0.25, -0.2) is 0 Å². The third-order valence-electron chi connectivity index (χ3n) is 3.53. The summed E-state index contributed by atoms with van der Waals surface area (Å²) in [5.41, 5.74) is 0.0467. The minimum absolute atomic E-state index is 0.506. The fraction of sp³-hybridized carbons (Fsp3) is 0.467. The van der Waals surface area contributed by atoms with E-state index in [1.165, 1.54) is 18.6 Å². The second-order valence-corrected chi connectivity index (χ2v) is 6.05. The molecule has 2 unspecified atom stereocenters. The maximum atomic E-state index is 12.6. The largest absolute Gasteiger partial charge is 0.416 e. The lowest BCUT2D eigenvalue weighted by molar-refractivity contribution is -0.137. The molecule has 104 valence electrons. The zero-order valence-electron chi connectivity index (χ0n) is 10.8. The summed E-state index contributed by atoms with van der Waals surface area (Å²) in [5.74, 6) is 0.506. The van der Waals surface area contributed by atoms with Gasteiger partial charge < -0.3 is 0 Å². The molecule has 19 heavy (non-hydrogen) atoms. The fourth-order valence-electron chi connectivity index (χ4n) is 2.43. The van der Waals surface area contributed by atoms with E-state index in [1.54, 1.807) is 6.07 Å². The zero-order chi connectivity index (χ0) is 13.9. The summed E-state index contributed by atoms with van der Waals surface area (Å²) in [7, 11) is 0. The molecule has 0 bridgehead atoms. The van der Waals surface area contributed by atoms with Crippen molar-refractivity contribution in [2.45, 2.75) is 30.7 Å². The van der Waals surface area contributed by atoms with Crippen molar-refractivity contribution in [1.82, 2.24) is 0 Å². The quantitative estimate of drug-likeness (QED) is 0.731. The van der Waals surface area contributed by atoms with Crippen LogP contribution in [-0.2, 0) is 6.18 Å². The van der Waals surface area contributed by atoms with Gasteiger partial charge in [0.1, 0.15) is 0 Å². The minimum Gasteiger partial charge on any atom is -0.166 e. The van der Waals surface area contributed by atoms with Crippen molar-refractivity contribution in [2.24, 2.45) is 5.92 Å². The van der Waals surface area contributed by atoms with E-state index < -0.39 is 11.7 Å². The van der Waals surface area contributed by atoms with Gasteiger partial charge in [0.25, 0.3) is 0 Å². The molecule has 0 nitrogen and oxygen atoms in total. The number of alkyl halides is 3. The van der Waals surface area contributed by atoms with Crippen LogP contribution in [-0.4, -0.2) is 11.5 Å². The maximum absolute atomic E-state index is 12.6. The van der Waals surface area contributed by atoms with E-state index in [0.717, 1.165) is 18.9 Å². The average Bonchev–Trinajstić information content (AvgIpc) is 2.84. The highest BCUT2D eigenvalue weighted by Gasteiger charge is 2.30. The van der Waals surface area contributed by atoms with Crippen molar-refractivity contribution in [3.05, 3.63) is 41.5 Å². The smallest absolute Gasteiger partial charge is 0.166 e. The van der Waals surface area contributed by atoms with Crippen LogP contribution in [0, 0.1) is 5.92 Å². The Morgan fingerprint density at radius 1 is 1.26 bits per heavy atom. The third-order valence-corrected chi connectivity index (χ3v) is 4.63. The van der Waals surface area contributed by atoms with Crippen LogP contribution in [0.15, 0.2) is 30.3 Å². The topological polar surface area (TPSA) is 0 Å². The predicted molar refractivity (Wildman–Crippen MR) is 75.1 cm³/mol. The Labute approximate surface area is 116 Å². The summed E-state index contributed by atoms with van der Waals surface area (Å²) in [6.45, 7) is 0. The summed E-state index contributed by atoms with van der Waals surface area (Å²) >= 11 is 1.88. The molecule has 1 aliphatic carbocycles. The minimum atomic E-state index is -4.26. The maximum Gasteiger partial charge on any atom is 0.416 e. The monoisotopic (exact) mass is 286 g/mol. The molecule has 0 saturated heterocycles. The lowest BCUT2D eigenvalue weighted by atomic mass is 10.0. The predicted octanol–water partition coefficient (Wildman–Crippen LogP) is 5.25. The Kier molecular flexibility index (Phi) is 4.61. The average molecular weight is 286 g/mol. The normalized spacial score (nSPS) is 24.2. The molecule has 0 radical (unpaired) electrons. The number of thioether (sulfide) groups is 1. The van der Waals surface area contributed by atoms with Gasteiger partial charge in [0.15, 0.2) is 0 Å². The molecule has 2 rings (SSSR count). The van der Waals surface area contributed by atoms with E-state index in [4.69, 9.17) is 0 Å². The van der Waals surface area contributed by atoms with Crippen molar-refractivity contribution < 1.29 is 13.2 Å². The SMILES string of the molecule is CSC1CCC(/C=C/c2cccc(C(F)(F)F)c2)C1. The van der Waals surface area contributed by atoms with Gasteiger partial charge in [-0.1, -0.05) is 24.3 Å². The summed E-state index contributed by atoms with van der Waals surface area (Å²) in [6.07, 6.45) is 5.22. The van der Waals surface area contributed by atoms with Crippen molar-refractivity contribution in [1.29, 1.82) is 0 Å². The summed E-state index contributed by atoms with van der Waals surface area (Å²) in [6, 6.07) is 5.49. The van der Waals surface area contributed by atoms with Crippen molar-refractivity contribution in [3.8, 4) is 0 Å². The standard InChI is InChI=1S/C15H17F3S/c1-19-14-8-7-12(10-14)6-5-11-3-2-4-13(9-11)15(16,17)18/h2-6,9,12,14H,7-8,10H2,1H3/b6-5+. The van der Waals surface area contributed by atoms with Gasteiger partial charge >= 0.3 is 6.18 Å². The third kappa shape index (κ3) is 4.03. The second-order valence-electron chi connectivity index (χ2n) is 4.91. The van der Waals surface area contributed by atoms with E-state index in [2.05, 4.69) is 12.3 Å². The van der Waals surface area contributed by atoms with Crippen LogP contribution in [0.1, 0.15) is 30.4 Å². The molecule has 0 amide bonds. The molecule has 1 aliphatic rings. The molecule has 2 atom stereocenters. The molecule has 4 heteroatoms. The number of halogens is 3. The highest BCUT2D eigenvalue weighted by atomic mass is 32.2. The zero-order valence-corrected chi connectivity index (χ0v) is 11.6. The highest BCUT2D eigenvalue weighted by Crippen LogP contribution is 2.34. The van der Waals surface area contributed by atoms with Gasteiger partial charge in [0.05, 0.1) is 5.56 Å². The van der Waals surface area contributed by atoms with E-state index in [9.17, 15) is 13.2 Å². The number of hydrogen-bond acceptors (Lipinski definition) is 1. The van der Waals surface area contributed by atoms with Gasteiger partial charge in [-0.3, -0.25) is 0 Å². The van der Waals surface area contributed by atoms with Crippen LogP contribution in [0.4, 0.5) is 13.2 Å². The van der Waals surface area contributed by atoms with Crippen molar-refractivity contribution in [3.63, 3.8) is 0 Å². The van der Waals surface area contributed by atoms with Crippen LogP contribution in [0.3, 0.4) is 0 Å². The number of benzene rings is 1. The summed E-state index contributed by atoms with van der Waals surface area (Å²) in [4.78, 5) is 0. The van der Waals surface area contributed by atoms with E-state index in [-0.39, 0.29) is 0 Å². The summed E-state index contributed by atoms with van der Waals surface area (Å²) in [5, 5.41) is 0.705. The number of hydrogen-bond donors (Lipinski definition) is 0. The molecule has 0 heterocycles. The van der Waals surface area contributed by atoms with Gasteiger partial charge in [-0.2, -0.15) is 24.9 Å². The van der Waals surface area contributed by atoms with E-state index in [0.29, 0.717) is 16.7 Å². The molecule has 1 fully saturated rings. The van der Waals surface area contributed by atoms with Crippen molar-refractivity contribution in [2.75, 3.05) is 6.26 Å². The van der Waals surface area contributed by atoms with Crippen LogP contribution in [0.5, 0.6) is 0 Å². The van der Waals surface area contributed by atoms with Crippen LogP contribution >= 0.6 is 11.8 Å². The molecule has 0 aliphatic heterocycles. The van der Waals surface area contributed by atoms with E-state index in [1.807, 2.05) is 17.8 Å².